The molecule has 2 rings (SSSR count). The first-order valence-electron chi connectivity index (χ1n) is 10.2. The third-order valence-electron chi connectivity index (χ3n) is 4.77. The Morgan fingerprint density at radius 3 is 2.19 bits per heavy atom. The van der Waals surface area contributed by atoms with Gasteiger partial charge in [-0.3, -0.25) is 0 Å². The second-order valence-corrected chi connectivity index (χ2v) is 7.19. The van der Waals surface area contributed by atoms with Gasteiger partial charge in [-0.15, -0.1) is 0 Å². The highest BCUT2D eigenvalue weighted by Gasteiger charge is 2.09. The molecule has 0 spiro atoms. The van der Waals surface area contributed by atoms with Crippen LogP contribution in [0.3, 0.4) is 0 Å². The minimum atomic E-state index is -0.333. The monoisotopic (exact) mass is 368 g/mol. The molecule has 146 valence electrons. The van der Waals surface area contributed by atoms with Crippen molar-refractivity contribution >= 4 is 5.97 Å². The Bertz CT molecular complexity index is 674. The SMILES string of the molecule is CCCCCCc1ccc(C(=O)Oc2ccc(OCC(C)CC)cc2)cc1. The third-order valence-corrected chi connectivity index (χ3v) is 4.77. The van der Waals surface area contributed by atoms with E-state index >= 15 is 0 Å². The fourth-order valence-electron chi connectivity index (χ4n) is 2.69. The van der Waals surface area contributed by atoms with E-state index in [0.29, 0.717) is 23.8 Å². The van der Waals surface area contributed by atoms with E-state index in [-0.39, 0.29) is 5.97 Å². The summed E-state index contributed by atoms with van der Waals surface area (Å²) in [5, 5.41) is 0. The van der Waals surface area contributed by atoms with Crippen molar-refractivity contribution < 1.29 is 14.3 Å². The van der Waals surface area contributed by atoms with Gasteiger partial charge in [-0.05, 0) is 60.7 Å². The number of unbranched alkanes of at least 4 members (excludes halogenated alkanes) is 3. The van der Waals surface area contributed by atoms with Gasteiger partial charge in [-0.1, -0.05) is 58.6 Å². The number of hydrogen-bond donors (Lipinski definition) is 0. The maximum atomic E-state index is 12.3. The number of ether oxygens (including phenoxy) is 2. The fraction of sp³-hybridized carbons (Fsp3) is 0.458. The van der Waals surface area contributed by atoms with Crippen molar-refractivity contribution in [3.8, 4) is 11.5 Å². The summed E-state index contributed by atoms with van der Waals surface area (Å²) in [7, 11) is 0. The molecule has 3 heteroatoms. The maximum absolute atomic E-state index is 12.3. The lowest BCUT2D eigenvalue weighted by Gasteiger charge is -2.11. The van der Waals surface area contributed by atoms with Crippen molar-refractivity contribution in [1.82, 2.24) is 0 Å². The quantitative estimate of drug-likeness (QED) is 0.260. The second-order valence-electron chi connectivity index (χ2n) is 7.19. The van der Waals surface area contributed by atoms with Gasteiger partial charge in [0.15, 0.2) is 0 Å². The van der Waals surface area contributed by atoms with Gasteiger partial charge in [0.05, 0.1) is 12.2 Å². The van der Waals surface area contributed by atoms with E-state index in [1.165, 1.54) is 31.2 Å². The molecule has 3 nitrogen and oxygen atoms in total. The van der Waals surface area contributed by atoms with Crippen LogP contribution in [0.4, 0.5) is 0 Å². The van der Waals surface area contributed by atoms with Crippen LogP contribution in [-0.2, 0) is 6.42 Å². The van der Waals surface area contributed by atoms with E-state index in [2.05, 4.69) is 20.8 Å². The highest BCUT2D eigenvalue weighted by Crippen LogP contribution is 2.20. The van der Waals surface area contributed by atoms with Crippen LogP contribution in [0.5, 0.6) is 11.5 Å². The molecule has 0 saturated carbocycles. The van der Waals surface area contributed by atoms with Crippen LogP contribution < -0.4 is 9.47 Å². The van der Waals surface area contributed by atoms with E-state index in [1.807, 2.05) is 36.4 Å². The molecule has 0 heterocycles. The lowest BCUT2D eigenvalue weighted by atomic mass is 10.0. The standard InChI is InChI=1S/C24H32O3/c1-4-6-7-8-9-20-10-12-21(13-11-20)24(25)27-23-16-14-22(15-17-23)26-18-19(3)5-2/h10-17,19H,4-9,18H2,1-3H3. The van der Waals surface area contributed by atoms with Crippen LogP contribution in [0.1, 0.15) is 68.8 Å². The largest absolute Gasteiger partial charge is 0.493 e. The molecular formula is C24H32O3. The first-order chi connectivity index (χ1) is 13.1. The van der Waals surface area contributed by atoms with Gasteiger partial charge in [0.2, 0.25) is 0 Å². The summed E-state index contributed by atoms with van der Waals surface area (Å²) in [6.45, 7) is 7.22. The summed E-state index contributed by atoms with van der Waals surface area (Å²) in [6.07, 6.45) is 7.14. The van der Waals surface area contributed by atoms with E-state index < -0.39 is 0 Å². The third kappa shape index (κ3) is 7.46. The first-order valence-corrected chi connectivity index (χ1v) is 10.2. The van der Waals surface area contributed by atoms with Crippen LogP contribution in [0.15, 0.2) is 48.5 Å². The summed E-state index contributed by atoms with van der Waals surface area (Å²) in [5.74, 6) is 1.51. The Morgan fingerprint density at radius 1 is 0.889 bits per heavy atom. The van der Waals surface area contributed by atoms with Gasteiger partial charge < -0.3 is 9.47 Å². The highest BCUT2D eigenvalue weighted by atomic mass is 16.5. The molecule has 0 N–H and O–H groups in total. The molecule has 2 aromatic carbocycles. The van der Waals surface area contributed by atoms with Crippen molar-refractivity contribution in [1.29, 1.82) is 0 Å². The summed E-state index contributed by atoms with van der Waals surface area (Å²) < 4.78 is 11.2. The molecule has 0 aliphatic carbocycles. The van der Waals surface area contributed by atoms with Crippen molar-refractivity contribution in [3.63, 3.8) is 0 Å². The normalized spacial score (nSPS) is 11.8. The number of aryl methyl sites for hydroxylation is 1. The van der Waals surface area contributed by atoms with Gasteiger partial charge in [0, 0.05) is 0 Å². The fourth-order valence-corrected chi connectivity index (χ4v) is 2.69. The summed E-state index contributed by atoms with van der Waals surface area (Å²) in [4.78, 5) is 12.3. The molecule has 0 aliphatic heterocycles. The van der Waals surface area contributed by atoms with Gasteiger partial charge in [0.25, 0.3) is 0 Å². The van der Waals surface area contributed by atoms with Crippen molar-refractivity contribution in [2.24, 2.45) is 5.92 Å². The zero-order valence-corrected chi connectivity index (χ0v) is 16.9. The van der Waals surface area contributed by atoms with Crippen LogP contribution in [0.2, 0.25) is 0 Å². The Labute approximate surface area is 163 Å². The number of carbonyl (C=O) groups excluding carboxylic acids is 1. The summed E-state index contributed by atoms with van der Waals surface area (Å²) in [6, 6.07) is 15.0. The number of carbonyl (C=O) groups is 1. The van der Waals surface area contributed by atoms with Crippen LogP contribution >= 0.6 is 0 Å². The van der Waals surface area contributed by atoms with E-state index in [4.69, 9.17) is 9.47 Å². The number of benzene rings is 2. The number of esters is 1. The molecule has 0 aromatic heterocycles. The van der Waals surface area contributed by atoms with Gasteiger partial charge in [-0.2, -0.15) is 0 Å². The highest BCUT2D eigenvalue weighted by molar-refractivity contribution is 5.91. The minimum absolute atomic E-state index is 0.333. The Hall–Kier alpha value is -2.29. The number of hydrogen-bond acceptors (Lipinski definition) is 3. The maximum Gasteiger partial charge on any atom is 0.343 e. The predicted octanol–water partition coefficient (Wildman–Crippen LogP) is 6.45. The van der Waals surface area contributed by atoms with Crippen LogP contribution in [-0.4, -0.2) is 12.6 Å². The molecule has 0 bridgehead atoms. The lowest BCUT2D eigenvalue weighted by Crippen LogP contribution is -2.09. The topological polar surface area (TPSA) is 35.5 Å². The van der Waals surface area contributed by atoms with Gasteiger partial charge in [-0.25, -0.2) is 4.79 Å². The molecule has 27 heavy (non-hydrogen) atoms. The predicted molar refractivity (Wildman–Crippen MR) is 111 cm³/mol. The second kappa shape index (κ2) is 11.4. The van der Waals surface area contributed by atoms with Gasteiger partial charge in [0.1, 0.15) is 11.5 Å². The summed E-state index contributed by atoms with van der Waals surface area (Å²) >= 11 is 0. The Morgan fingerprint density at radius 2 is 1.56 bits per heavy atom. The Balaban J connectivity index is 1.83. The van der Waals surface area contributed by atoms with Gasteiger partial charge >= 0.3 is 5.97 Å². The van der Waals surface area contributed by atoms with Crippen molar-refractivity contribution in [2.45, 2.75) is 59.3 Å². The molecular weight excluding hydrogens is 336 g/mol. The average molecular weight is 369 g/mol. The Kier molecular flexibility index (Phi) is 8.90. The van der Waals surface area contributed by atoms with Crippen LogP contribution in [0.25, 0.3) is 0 Å². The zero-order valence-electron chi connectivity index (χ0n) is 16.9. The van der Waals surface area contributed by atoms with E-state index in [9.17, 15) is 4.79 Å². The van der Waals surface area contributed by atoms with E-state index in [1.54, 1.807) is 12.1 Å². The average Bonchev–Trinajstić information content (AvgIpc) is 2.71. The molecule has 2 aromatic rings. The smallest absolute Gasteiger partial charge is 0.343 e. The molecule has 0 amide bonds. The van der Waals surface area contributed by atoms with Crippen molar-refractivity contribution in [2.75, 3.05) is 6.61 Å². The lowest BCUT2D eigenvalue weighted by molar-refractivity contribution is 0.0734. The molecule has 1 atom stereocenters. The molecule has 1 unspecified atom stereocenters. The zero-order chi connectivity index (χ0) is 19.5. The molecule has 0 saturated heterocycles. The molecule has 0 aliphatic rings. The minimum Gasteiger partial charge on any atom is -0.493 e. The molecule has 0 radical (unpaired) electrons. The number of rotatable bonds is 11. The van der Waals surface area contributed by atoms with Crippen LogP contribution in [0, 0.1) is 5.92 Å². The first kappa shape index (κ1) is 21.0. The molecule has 0 fully saturated rings. The van der Waals surface area contributed by atoms with Crippen molar-refractivity contribution in [3.05, 3.63) is 59.7 Å². The van der Waals surface area contributed by atoms with E-state index in [0.717, 1.165) is 18.6 Å². The summed E-state index contributed by atoms with van der Waals surface area (Å²) in [5.41, 5.74) is 1.84.